The Morgan fingerprint density at radius 1 is 1.24 bits per heavy atom. The van der Waals surface area contributed by atoms with Gasteiger partial charge in [0.2, 0.25) is 11.8 Å². The van der Waals surface area contributed by atoms with Crippen LogP contribution in [0.1, 0.15) is 51.9 Å². The van der Waals surface area contributed by atoms with E-state index in [9.17, 15) is 14.7 Å². The number of piperidine rings is 1. The van der Waals surface area contributed by atoms with Crippen molar-refractivity contribution in [2.45, 2.75) is 69.6 Å². The zero-order valence-corrected chi connectivity index (χ0v) is 15.0. The first-order chi connectivity index (χ1) is 12.1. The summed E-state index contributed by atoms with van der Waals surface area (Å²) >= 11 is 0. The van der Waals surface area contributed by atoms with E-state index >= 15 is 0 Å². The maximum atomic E-state index is 13.2. The molecule has 6 heteroatoms. The Morgan fingerprint density at radius 2 is 1.92 bits per heavy atom. The molecule has 0 bridgehead atoms. The third-order valence-electron chi connectivity index (χ3n) is 6.08. The predicted molar refractivity (Wildman–Crippen MR) is 94.5 cm³/mol. The van der Waals surface area contributed by atoms with Gasteiger partial charge in [-0.15, -0.1) is 5.92 Å². The first-order valence-corrected chi connectivity index (χ1v) is 9.51. The van der Waals surface area contributed by atoms with Gasteiger partial charge in [-0.05, 0) is 51.6 Å². The van der Waals surface area contributed by atoms with Gasteiger partial charge in [0.25, 0.3) is 0 Å². The average Bonchev–Trinajstić information content (AvgIpc) is 2.66. The van der Waals surface area contributed by atoms with Gasteiger partial charge in [-0.2, -0.15) is 0 Å². The number of amides is 2. The highest BCUT2D eigenvalue weighted by Gasteiger charge is 2.54. The molecule has 3 N–H and O–H groups in total. The predicted octanol–water partition coefficient (Wildman–Crippen LogP) is 0.400. The number of hydrogen-bond donors (Lipinski definition) is 3. The maximum absolute atomic E-state index is 13.2. The number of carbonyl (C=O) groups excluding carboxylic acids is 2. The molecule has 25 heavy (non-hydrogen) atoms. The standard InChI is InChI=1S/C19H29N3O3/c1-2-3-13-22-17(24)15(16(23)14-7-5-4-6-8-14)21-18(25)19(22)9-11-20-12-10-19/h14-16,20,23H,4-13H2,1H3,(H,21,25). The number of hydrogen-bond acceptors (Lipinski definition) is 4. The molecule has 2 amide bonds. The third kappa shape index (κ3) is 3.40. The molecule has 1 aliphatic carbocycles. The Balaban J connectivity index is 1.84. The highest BCUT2D eigenvalue weighted by molar-refractivity contribution is 6.00. The number of nitrogens with one attached hydrogen (secondary N) is 2. The Hall–Kier alpha value is -1.58. The second kappa shape index (κ2) is 7.76. The van der Waals surface area contributed by atoms with Gasteiger partial charge in [0.1, 0.15) is 11.6 Å². The summed E-state index contributed by atoms with van der Waals surface area (Å²) in [5.74, 6) is 5.55. The van der Waals surface area contributed by atoms with Gasteiger partial charge in [-0.3, -0.25) is 9.59 Å². The quantitative estimate of drug-likeness (QED) is 0.646. The fraction of sp³-hybridized carbons (Fsp3) is 0.789. The van der Waals surface area contributed by atoms with E-state index in [1.807, 2.05) is 0 Å². The molecule has 6 nitrogen and oxygen atoms in total. The van der Waals surface area contributed by atoms with Gasteiger partial charge in [0.15, 0.2) is 0 Å². The SMILES string of the molecule is CC#CCN1C(=O)C(C(O)C2CCCCC2)NC(=O)C12CCNCC2. The van der Waals surface area contributed by atoms with Crippen molar-refractivity contribution in [1.29, 1.82) is 0 Å². The first kappa shape index (κ1) is 18.2. The minimum absolute atomic E-state index is 0.0872. The Bertz CT molecular complexity index is 568. The molecule has 2 heterocycles. The first-order valence-electron chi connectivity index (χ1n) is 9.51. The van der Waals surface area contributed by atoms with Crippen LogP contribution >= 0.6 is 0 Å². The van der Waals surface area contributed by atoms with E-state index in [0.717, 1.165) is 25.7 Å². The highest BCUT2D eigenvalue weighted by Crippen LogP contribution is 2.34. The second-order valence-corrected chi connectivity index (χ2v) is 7.47. The van der Waals surface area contributed by atoms with Crippen molar-refractivity contribution in [1.82, 2.24) is 15.5 Å². The van der Waals surface area contributed by atoms with Crippen LogP contribution in [0, 0.1) is 17.8 Å². The van der Waals surface area contributed by atoms with Crippen LogP contribution in [-0.4, -0.2) is 59.1 Å². The molecule has 3 rings (SSSR count). The molecule has 0 aromatic heterocycles. The topological polar surface area (TPSA) is 81.7 Å². The molecular weight excluding hydrogens is 318 g/mol. The van der Waals surface area contributed by atoms with Gasteiger partial charge in [0.05, 0.1) is 12.6 Å². The van der Waals surface area contributed by atoms with Gasteiger partial charge in [-0.25, -0.2) is 0 Å². The van der Waals surface area contributed by atoms with E-state index in [4.69, 9.17) is 0 Å². The number of carbonyl (C=O) groups is 2. The van der Waals surface area contributed by atoms with Gasteiger partial charge in [0, 0.05) is 0 Å². The van der Waals surface area contributed by atoms with E-state index in [2.05, 4.69) is 22.5 Å². The van der Waals surface area contributed by atoms with Gasteiger partial charge in [-0.1, -0.05) is 25.2 Å². The number of aliphatic hydroxyl groups excluding tert-OH is 1. The van der Waals surface area contributed by atoms with Crippen LogP contribution in [0.15, 0.2) is 0 Å². The summed E-state index contributed by atoms with van der Waals surface area (Å²) < 4.78 is 0. The van der Waals surface area contributed by atoms with Crippen molar-refractivity contribution in [3.8, 4) is 11.8 Å². The Labute approximate surface area is 149 Å². The fourth-order valence-electron chi connectivity index (χ4n) is 4.54. The van der Waals surface area contributed by atoms with Gasteiger partial charge < -0.3 is 20.6 Å². The van der Waals surface area contributed by atoms with E-state index in [1.54, 1.807) is 11.8 Å². The molecule has 0 aromatic carbocycles. The molecule has 1 spiro atoms. The molecule has 2 saturated heterocycles. The lowest BCUT2D eigenvalue weighted by molar-refractivity contribution is -0.163. The lowest BCUT2D eigenvalue weighted by atomic mass is 9.78. The van der Waals surface area contributed by atoms with Crippen molar-refractivity contribution < 1.29 is 14.7 Å². The monoisotopic (exact) mass is 347 g/mol. The summed E-state index contributed by atoms with van der Waals surface area (Å²) in [5.41, 5.74) is -0.824. The molecule has 3 aliphatic rings. The van der Waals surface area contributed by atoms with Crippen molar-refractivity contribution in [2.75, 3.05) is 19.6 Å². The van der Waals surface area contributed by atoms with Crippen LogP contribution in [0.2, 0.25) is 0 Å². The summed E-state index contributed by atoms with van der Waals surface area (Å²) in [5, 5.41) is 16.9. The van der Waals surface area contributed by atoms with E-state index in [-0.39, 0.29) is 24.3 Å². The summed E-state index contributed by atoms with van der Waals surface area (Å²) in [6.07, 6.45) is 5.55. The summed E-state index contributed by atoms with van der Waals surface area (Å²) in [7, 11) is 0. The summed E-state index contributed by atoms with van der Waals surface area (Å²) in [6, 6.07) is -0.838. The second-order valence-electron chi connectivity index (χ2n) is 7.47. The van der Waals surface area contributed by atoms with Crippen molar-refractivity contribution in [3.63, 3.8) is 0 Å². The van der Waals surface area contributed by atoms with Crippen molar-refractivity contribution in [2.24, 2.45) is 5.92 Å². The molecule has 1 saturated carbocycles. The van der Waals surface area contributed by atoms with Crippen LogP contribution in [-0.2, 0) is 9.59 Å². The molecule has 0 aromatic rings. The lowest BCUT2D eigenvalue weighted by Gasteiger charge is -2.50. The minimum Gasteiger partial charge on any atom is -0.390 e. The van der Waals surface area contributed by atoms with Crippen molar-refractivity contribution >= 4 is 11.8 Å². The van der Waals surface area contributed by atoms with Crippen molar-refractivity contribution in [3.05, 3.63) is 0 Å². The number of rotatable bonds is 3. The van der Waals surface area contributed by atoms with E-state index in [0.29, 0.717) is 25.9 Å². The molecule has 2 atom stereocenters. The third-order valence-corrected chi connectivity index (χ3v) is 6.08. The molecular formula is C19H29N3O3. The molecule has 0 radical (unpaired) electrons. The van der Waals surface area contributed by atoms with Crippen LogP contribution in [0.3, 0.4) is 0 Å². The number of piperazine rings is 1. The lowest BCUT2D eigenvalue weighted by Crippen LogP contribution is -2.74. The zero-order chi connectivity index (χ0) is 17.9. The molecule has 2 aliphatic heterocycles. The molecule has 138 valence electrons. The Kier molecular flexibility index (Phi) is 5.65. The minimum atomic E-state index is -0.838. The van der Waals surface area contributed by atoms with Crippen LogP contribution in [0.5, 0.6) is 0 Å². The maximum Gasteiger partial charge on any atom is 0.249 e. The summed E-state index contributed by atoms with van der Waals surface area (Å²) in [6.45, 7) is 3.38. The molecule has 3 fully saturated rings. The van der Waals surface area contributed by atoms with Crippen LogP contribution in [0.4, 0.5) is 0 Å². The van der Waals surface area contributed by atoms with Gasteiger partial charge >= 0.3 is 0 Å². The summed E-state index contributed by atoms with van der Waals surface area (Å²) in [4.78, 5) is 27.8. The van der Waals surface area contributed by atoms with Crippen LogP contribution in [0.25, 0.3) is 0 Å². The zero-order valence-electron chi connectivity index (χ0n) is 15.0. The Morgan fingerprint density at radius 3 is 2.56 bits per heavy atom. The normalized spacial score (nSPS) is 28.2. The largest absolute Gasteiger partial charge is 0.390 e. The van der Waals surface area contributed by atoms with E-state index < -0.39 is 17.7 Å². The highest BCUT2D eigenvalue weighted by atomic mass is 16.3. The van der Waals surface area contributed by atoms with Crippen LogP contribution < -0.4 is 10.6 Å². The fourth-order valence-corrected chi connectivity index (χ4v) is 4.54. The molecule has 2 unspecified atom stereocenters. The average molecular weight is 347 g/mol. The smallest absolute Gasteiger partial charge is 0.249 e. The number of aliphatic hydroxyl groups is 1. The van der Waals surface area contributed by atoms with E-state index in [1.165, 1.54) is 6.42 Å². The number of nitrogens with zero attached hydrogens (tertiary/aromatic N) is 1.